The van der Waals surface area contributed by atoms with Gasteiger partial charge in [0.2, 0.25) is 11.8 Å². The van der Waals surface area contributed by atoms with Gasteiger partial charge >= 0.3 is 0 Å². The number of hydrogen-bond acceptors (Lipinski definition) is 3. The second kappa shape index (κ2) is 8.10. The third kappa shape index (κ3) is 5.06. The van der Waals surface area contributed by atoms with Crippen molar-refractivity contribution in [1.29, 1.82) is 0 Å². The summed E-state index contributed by atoms with van der Waals surface area (Å²) in [6.07, 6.45) is 1.49. The van der Waals surface area contributed by atoms with Crippen molar-refractivity contribution in [3.05, 3.63) is 34.3 Å². The largest absolute Gasteiger partial charge is 0.369 e. The molecule has 1 aromatic rings. The molecular formula is C16H20BrN3O3. The van der Waals surface area contributed by atoms with Crippen LogP contribution in [0.15, 0.2) is 28.7 Å². The number of halogens is 1. The fourth-order valence-corrected chi connectivity index (χ4v) is 2.82. The van der Waals surface area contributed by atoms with Crippen molar-refractivity contribution < 1.29 is 14.4 Å². The first-order chi connectivity index (χ1) is 11.0. The molecule has 1 saturated heterocycles. The molecule has 3 N–H and O–H groups in total. The van der Waals surface area contributed by atoms with Gasteiger partial charge < -0.3 is 16.0 Å². The third-order valence-electron chi connectivity index (χ3n) is 3.98. The lowest BCUT2D eigenvalue weighted by molar-refractivity contribution is -0.134. The van der Waals surface area contributed by atoms with Crippen LogP contribution in [-0.2, 0) is 9.59 Å². The van der Waals surface area contributed by atoms with Crippen molar-refractivity contribution in [1.82, 2.24) is 10.2 Å². The Morgan fingerprint density at radius 1 is 1.17 bits per heavy atom. The topological polar surface area (TPSA) is 92.5 Å². The number of hydrogen-bond donors (Lipinski definition) is 2. The fourth-order valence-electron chi connectivity index (χ4n) is 2.56. The average Bonchev–Trinajstić information content (AvgIpc) is 2.55. The van der Waals surface area contributed by atoms with Crippen LogP contribution in [-0.4, -0.2) is 42.3 Å². The quantitative estimate of drug-likeness (QED) is 0.804. The molecule has 0 atom stereocenters. The van der Waals surface area contributed by atoms with Crippen molar-refractivity contribution in [2.45, 2.75) is 19.3 Å². The highest BCUT2D eigenvalue weighted by atomic mass is 79.9. The number of nitrogens with zero attached hydrogens (tertiary/aromatic N) is 1. The van der Waals surface area contributed by atoms with Crippen molar-refractivity contribution in [3.63, 3.8) is 0 Å². The van der Waals surface area contributed by atoms with Gasteiger partial charge in [-0.05, 0) is 37.1 Å². The third-order valence-corrected chi connectivity index (χ3v) is 4.51. The highest BCUT2D eigenvalue weighted by Gasteiger charge is 2.25. The molecule has 0 unspecified atom stereocenters. The van der Waals surface area contributed by atoms with Crippen molar-refractivity contribution in [3.8, 4) is 0 Å². The Balaban J connectivity index is 1.72. The van der Waals surface area contributed by atoms with Crippen molar-refractivity contribution >= 4 is 33.7 Å². The molecule has 7 heteroatoms. The number of piperidine rings is 1. The SMILES string of the molecule is NC(=O)C1CCN(C(=O)CCNC(=O)c2ccc(Br)cc2)CC1. The molecule has 1 fully saturated rings. The number of primary amides is 1. The number of nitrogens with two attached hydrogens (primary N) is 1. The number of benzene rings is 1. The molecule has 0 aromatic heterocycles. The van der Waals surface area contributed by atoms with E-state index in [4.69, 9.17) is 5.73 Å². The van der Waals surface area contributed by atoms with Crippen LogP contribution in [0.5, 0.6) is 0 Å². The average molecular weight is 382 g/mol. The molecule has 3 amide bonds. The van der Waals surface area contributed by atoms with Gasteiger partial charge in [-0.3, -0.25) is 14.4 Å². The van der Waals surface area contributed by atoms with Crippen LogP contribution in [0.25, 0.3) is 0 Å². The van der Waals surface area contributed by atoms with Crippen LogP contribution in [0.2, 0.25) is 0 Å². The highest BCUT2D eigenvalue weighted by Crippen LogP contribution is 2.17. The molecule has 0 radical (unpaired) electrons. The zero-order valence-corrected chi connectivity index (χ0v) is 14.3. The number of nitrogens with one attached hydrogen (secondary N) is 1. The number of amides is 3. The first-order valence-electron chi connectivity index (χ1n) is 7.58. The van der Waals surface area contributed by atoms with E-state index in [9.17, 15) is 14.4 Å². The number of carbonyl (C=O) groups is 3. The Kier molecular flexibility index (Phi) is 6.15. The van der Waals surface area contributed by atoms with E-state index in [1.807, 2.05) is 0 Å². The minimum Gasteiger partial charge on any atom is -0.369 e. The van der Waals surface area contributed by atoms with Gasteiger partial charge in [-0.2, -0.15) is 0 Å². The van der Waals surface area contributed by atoms with E-state index in [1.165, 1.54) is 0 Å². The van der Waals surface area contributed by atoms with E-state index in [0.29, 0.717) is 38.0 Å². The van der Waals surface area contributed by atoms with E-state index in [2.05, 4.69) is 21.2 Å². The van der Waals surface area contributed by atoms with Gasteiger partial charge in [0.15, 0.2) is 0 Å². The molecule has 23 heavy (non-hydrogen) atoms. The normalized spacial score (nSPS) is 15.3. The van der Waals surface area contributed by atoms with E-state index in [-0.39, 0.29) is 30.1 Å². The lowest BCUT2D eigenvalue weighted by Crippen LogP contribution is -2.42. The van der Waals surface area contributed by atoms with Crippen molar-refractivity contribution in [2.75, 3.05) is 19.6 Å². The van der Waals surface area contributed by atoms with Gasteiger partial charge in [-0.15, -0.1) is 0 Å². The molecule has 2 rings (SSSR count). The summed E-state index contributed by atoms with van der Waals surface area (Å²) >= 11 is 3.31. The fraction of sp³-hybridized carbons (Fsp3) is 0.438. The minimum atomic E-state index is -0.293. The Bertz CT molecular complexity index is 581. The summed E-state index contributed by atoms with van der Waals surface area (Å²) in [5.41, 5.74) is 5.83. The highest BCUT2D eigenvalue weighted by molar-refractivity contribution is 9.10. The maximum absolute atomic E-state index is 12.1. The molecule has 0 aliphatic carbocycles. The van der Waals surface area contributed by atoms with Crippen LogP contribution >= 0.6 is 15.9 Å². The second-order valence-electron chi connectivity index (χ2n) is 5.57. The first kappa shape index (κ1) is 17.5. The molecule has 0 spiro atoms. The Morgan fingerprint density at radius 3 is 2.35 bits per heavy atom. The zero-order valence-electron chi connectivity index (χ0n) is 12.8. The van der Waals surface area contributed by atoms with Gasteiger partial charge in [0, 0.05) is 42.0 Å². The predicted molar refractivity (Wildman–Crippen MR) is 89.6 cm³/mol. The van der Waals surface area contributed by atoms with Crippen LogP contribution in [0.1, 0.15) is 29.6 Å². The Morgan fingerprint density at radius 2 is 1.78 bits per heavy atom. The number of carbonyl (C=O) groups excluding carboxylic acids is 3. The summed E-state index contributed by atoms with van der Waals surface area (Å²) < 4.78 is 0.906. The summed E-state index contributed by atoms with van der Waals surface area (Å²) in [6.45, 7) is 1.39. The van der Waals surface area contributed by atoms with Crippen LogP contribution < -0.4 is 11.1 Å². The van der Waals surface area contributed by atoms with Gasteiger partial charge in [-0.25, -0.2) is 0 Å². The number of rotatable bonds is 5. The molecular weight excluding hydrogens is 362 g/mol. The first-order valence-corrected chi connectivity index (χ1v) is 8.37. The van der Waals surface area contributed by atoms with Crippen molar-refractivity contribution in [2.24, 2.45) is 11.7 Å². The summed E-state index contributed by atoms with van der Waals surface area (Å²) in [7, 11) is 0. The van der Waals surface area contributed by atoms with E-state index < -0.39 is 0 Å². The minimum absolute atomic E-state index is 0.0102. The Labute approximate surface area is 143 Å². The smallest absolute Gasteiger partial charge is 0.251 e. The zero-order chi connectivity index (χ0) is 16.8. The summed E-state index contributed by atoms with van der Waals surface area (Å²) in [5, 5.41) is 2.74. The molecule has 1 aliphatic rings. The maximum Gasteiger partial charge on any atom is 0.251 e. The number of likely N-dealkylation sites (tertiary alicyclic amines) is 1. The van der Waals surface area contributed by atoms with Gasteiger partial charge in [0.25, 0.3) is 5.91 Å². The van der Waals surface area contributed by atoms with Gasteiger partial charge in [0.05, 0.1) is 0 Å². The predicted octanol–water partition coefficient (Wildman–Crippen LogP) is 1.29. The maximum atomic E-state index is 12.1. The van der Waals surface area contributed by atoms with Crippen LogP contribution in [0.4, 0.5) is 0 Å². The standard InChI is InChI=1S/C16H20BrN3O3/c17-13-3-1-12(2-4-13)16(23)19-8-5-14(21)20-9-6-11(7-10-20)15(18)22/h1-4,11H,5-10H2,(H2,18,22)(H,19,23). The van der Waals surface area contributed by atoms with E-state index >= 15 is 0 Å². The monoisotopic (exact) mass is 381 g/mol. The second-order valence-corrected chi connectivity index (χ2v) is 6.49. The van der Waals surface area contributed by atoms with E-state index in [1.54, 1.807) is 29.2 Å². The van der Waals surface area contributed by atoms with Crippen LogP contribution in [0, 0.1) is 5.92 Å². The molecule has 0 saturated carbocycles. The molecule has 124 valence electrons. The summed E-state index contributed by atoms with van der Waals surface area (Å²) in [4.78, 5) is 36.8. The molecule has 1 aliphatic heterocycles. The van der Waals surface area contributed by atoms with Crippen LogP contribution in [0.3, 0.4) is 0 Å². The Hall–Kier alpha value is -1.89. The summed E-state index contributed by atoms with van der Waals surface area (Å²) in [5.74, 6) is -0.628. The van der Waals surface area contributed by atoms with Gasteiger partial charge in [-0.1, -0.05) is 15.9 Å². The molecule has 6 nitrogen and oxygen atoms in total. The lowest BCUT2D eigenvalue weighted by atomic mass is 9.96. The summed E-state index contributed by atoms with van der Waals surface area (Å²) in [6, 6.07) is 7.03. The van der Waals surface area contributed by atoms with Gasteiger partial charge in [0.1, 0.15) is 0 Å². The van der Waals surface area contributed by atoms with E-state index in [0.717, 1.165) is 4.47 Å². The molecule has 0 bridgehead atoms. The molecule has 1 heterocycles. The molecule has 1 aromatic carbocycles. The lowest BCUT2D eigenvalue weighted by Gasteiger charge is -2.30.